The Morgan fingerprint density at radius 2 is 2.05 bits per heavy atom. The van der Waals surface area contributed by atoms with Crippen molar-refractivity contribution in [2.75, 3.05) is 19.6 Å². The van der Waals surface area contributed by atoms with Crippen LogP contribution in [0, 0.1) is 5.92 Å². The van der Waals surface area contributed by atoms with Crippen LogP contribution in [-0.4, -0.2) is 36.5 Å². The lowest BCUT2D eigenvalue weighted by atomic mass is 9.84. The molecule has 0 spiro atoms. The summed E-state index contributed by atoms with van der Waals surface area (Å²) in [6.45, 7) is 3.35. The molecule has 1 aromatic heterocycles. The van der Waals surface area contributed by atoms with E-state index in [4.69, 9.17) is 11.6 Å². The molecular weight excluding hydrogens is 304 g/mol. The summed E-state index contributed by atoms with van der Waals surface area (Å²) in [4.78, 5) is 15.7. The SMILES string of the molecule is O=C(NC1CN2CCC1CC2)c1sc2ccccc2c1Cl. The average molecular weight is 321 g/mol. The van der Waals surface area contributed by atoms with Crippen molar-refractivity contribution in [3.63, 3.8) is 0 Å². The molecule has 0 saturated carbocycles. The van der Waals surface area contributed by atoms with Gasteiger partial charge in [-0.3, -0.25) is 4.79 Å². The Bertz CT molecular complexity index is 691. The lowest BCUT2D eigenvalue weighted by Crippen LogP contribution is -2.57. The number of benzene rings is 1. The van der Waals surface area contributed by atoms with Crippen LogP contribution in [-0.2, 0) is 0 Å². The molecule has 0 aliphatic carbocycles. The predicted octanol–water partition coefficient (Wildman–Crippen LogP) is 3.38. The van der Waals surface area contributed by atoms with Crippen molar-refractivity contribution in [3.8, 4) is 0 Å². The second-order valence-corrected chi connectivity index (χ2v) is 7.39. The number of nitrogens with one attached hydrogen (secondary N) is 1. The zero-order valence-corrected chi connectivity index (χ0v) is 13.2. The van der Waals surface area contributed by atoms with Gasteiger partial charge in [0.15, 0.2) is 0 Å². The molecule has 1 aromatic carbocycles. The van der Waals surface area contributed by atoms with Crippen LogP contribution in [0.4, 0.5) is 0 Å². The van der Waals surface area contributed by atoms with E-state index in [0.717, 1.165) is 16.6 Å². The molecule has 0 radical (unpaired) electrons. The molecule has 1 atom stereocenters. The lowest BCUT2D eigenvalue weighted by Gasteiger charge is -2.44. The van der Waals surface area contributed by atoms with Gasteiger partial charge in [-0.1, -0.05) is 29.8 Å². The number of carbonyl (C=O) groups is 1. The van der Waals surface area contributed by atoms with Crippen LogP contribution >= 0.6 is 22.9 Å². The fourth-order valence-electron chi connectivity index (χ4n) is 3.52. The number of amides is 1. The van der Waals surface area contributed by atoms with E-state index >= 15 is 0 Å². The zero-order valence-electron chi connectivity index (χ0n) is 11.6. The molecule has 3 nitrogen and oxygen atoms in total. The molecule has 3 aliphatic rings. The van der Waals surface area contributed by atoms with E-state index in [1.54, 1.807) is 0 Å². The Hall–Kier alpha value is -1.10. The molecule has 5 rings (SSSR count). The maximum Gasteiger partial charge on any atom is 0.263 e. The average Bonchev–Trinajstić information content (AvgIpc) is 2.86. The number of hydrogen-bond acceptors (Lipinski definition) is 3. The summed E-state index contributed by atoms with van der Waals surface area (Å²) >= 11 is 7.87. The van der Waals surface area contributed by atoms with Gasteiger partial charge in [0.25, 0.3) is 5.91 Å². The normalized spacial score (nSPS) is 28.0. The fourth-order valence-corrected chi connectivity index (χ4v) is 4.94. The molecule has 1 N–H and O–H groups in total. The molecule has 21 heavy (non-hydrogen) atoms. The summed E-state index contributed by atoms with van der Waals surface area (Å²) in [7, 11) is 0. The number of nitrogens with zero attached hydrogens (tertiary/aromatic N) is 1. The van der Waals surface area contributed by atoms with Crippen molar-refractivity contribution < 1.29 is 4.79 Å². The minimum atomic E-state index is -0.0139. The number of hydrogen-bond donors (Lipinski definition) is 1. The van der Waals surface area contributed by atoms with Crippen LogP contribution in [0.2, 0.25) is 5.02 Å². The van der Waals surface area contributed by atoms with Crippen molar-refractivity contribution in [2.45, 2.75) is 18.9 Å². The number of fused-ring (bicyclic) bond motifs is 4. The number of piperidine rings is 3. The van der Waals surface area contributed by atoms with E-state index < -0.39 is 0 Å². The van der Waals surface area contributed by atoms with Crippen LogP contribution in [0.3, 0.4) is 0 Å². The monoisotopic (exact) mass is 320 g/mol. The molecular formula is C16H17ClN2OS. The van der Waals surface area contributed by atoms with E-state index in [0.29, 0.717) is 15.8 Å². The third-order valence-corrected chi connectivity index (χ3v) is 6.39. The Labute approximate surface area is 132 Å². The van der Waals surface area contributed by atoms with Crippen molar-refractivity contribution in [3.05, 3.63) is 34.2 Å². The van der Waals surface area contributed by atoms with E-state index in [1.807, 2.05) is 24.3 Å². The first-order valence-electron chi connectivity index (χ1n) is 7.42. The van der Waals surface area contributed by atoms with Gasteiger partial charge in [-0.15, -0.1) is 11.3 Å². The van der Waals surface area contributed by atoms with Crippen molar-refractivity contribution in [2.24, 2.45) is 5.92 Å². The second kappa shape index (κ2) is 5.27. The summed E-state index contributed by atoms with van der Waals surface area (Å²) < 4.78 is 1.07. The first-order valence-corrected chi connectivity index (χ1v) is 8.62. The van der Waals surface area contributed by atoms with Gasteiger partial charge in [0.1, 0.15) is 4.88 Å². The Morgan fingerprint density at radius 1 is 1.29 bits per heavy atom. The summed E-state index contributed by atoms with van der Waals surface area (Å²) in [5.74, 6) is 0.618. The fraction of sp³-hybridized carbons (Fsp3) is 0.438. The van der Waals surface area contributed by atoms with Gasteiger partial charge >= 0.3 is 0 Å². The van der Waals surface area contributed by atoms with Gasteiger partial charge in [-0.2, -0.15) is 0 Å². The molecule has 3 aliphatic heterocycles. The van der Waals surface area contributed by atoms with Gasteiger partial charge in [0.2, 0.25) is 0 Å². The molecule has 1 unspecified atom stereocenters. The van der Waals surface area contributed by atoms with Crippen LogP contribution in [0.25, 0.3) is 10.1 Å². The molecule has 2 bridgehead atoms. The Balaban J connectivity index is 1.58. The summed E-state index contributed by atoms with van der Waals surface area (Å²) in [6, 6.07) is 8.19. The smallest absolute Gasteiger partial charge is 0.263 e. The van der Waals surface area contributed by atoms with E-state index in [9.17, 15) is 4.79 Å². The predicted molar refractivity (Wildman–Crippen MR) is 87.3 cm³/mol. The third-order valence-electron chi connectivity index (χ3n) is 4.71. The van der Waals surface area contributed by atoms with Gasteiger partial charge in [0, 0.05) is 22.7 Å². The molecule has 1 amide bonds. The maximum absolute atomic E-state index is 12.6. The third kappa shape index (κ3) is 2.35. The molecule has 4 heterocycles. The number of carbonyl (C=O) groups excluding carboxylic acids is 1. The first kappa shape index (κ1) is 13.6. The van der Waals surface area contributed by atoms with Crippen LogP contribution in [0.1, 0.15) is 22.5 Å². The Morgan fingerprint density at radius 3 is 2.71 bits per heavy atom. The number of rotatable bonds is 2. The van der Waals surface area contributed by atoms with E-state index in [2.05, 4.69) is 10.2 Å². The van der Waals surface area contributed by atoms with Gasteiger partial charge in [-0.25, -0.2) is 0 Å². The highest BCUT2D eigenvalue weighted by Crippen LogP contribution is 2.35. The topological polar surface area (TPSA) is 32.3 Å². The number of halogens is 1. The van der Waals surface area contributed by atoms with Gasteiger partial charge < -0.3 is 10.2 Å². The molecule has 2 aromatic rings. The van der Waals surface area contributed by atoms with Crippen LogP contribution in [0.5, 0.6) is 0 Å². The molecule has 3 saturated heterocycles. The maximum atomic E-state index is 12.6. The quantitative estimate of drug-likeness (QED) is 0.920. The second-order valence-electron chi connectivity index (χ2n) is 5.96. The minimum Gasteiger partial charge on any atom is -0.347 e. The highest BCUT2D eigenvalue weighted by molar-refractivity contribution is 7.21. The number of thiophene rings is 1. The Kier molecular flexibility index (Phi) is 3.40. The van der Waals surface area contributed by atoms with Crippen molar-refractivity contribution in [1.29, 1.82) is 0 Å². The van der Waals surface area contributed by atoms with E-state index in [-0.39, 0.29) is 11.9 Å². The van der Waals surface area contributed by atoms with Crippen LogP contribution in [0.15, 0.2) is 24.3 Å². The standard InChI is InChI=1S/C16H17ClN2OS/c17-14-11-3-1-2-4-13(11)21-15(14)16(20)18-12-9-19-7-5-10(12)6-8-19/h1-4,10,12H,5-9H2,(H,18,20). The largest absolute Gasteiger partial charge is 0.347 e. The van der Waals surface area contributed by atoms with Gasteiger partial charge in [0.05, 0.1) is 5.02 Å². The van der Waals surface area contributed by atoms with E-state index in [1.165, 1.54) is 37.3 Å². The highest BCUT2D eigenvalue weighted by Gasteiger charge is 2.35. The summed E-state index contributed by atoms with van der Waals surface area (Å²) in [5.41, 5.74) is 0. The van der Waals surface area contributed by atoms with Crippen molar-refractivity contribution >= 4 is 38.9 Å². The zero-order chi connectivity index (χ0) is 14.4. The summed E-state index contributed by atoms with van der Waals surface area (Å²) in [6.07, 6.45) is 2.40. The molecule has 5 heteroatoms. The highest BCUT2D eigenvalue weighted by atomic mass is 35.5. The van der Waals surface area contributed by atoms with Gasteiger partial charge in [-0.05, 0) is 37.9 Å². The van der Waals surface area contributed by atoms with Crippen LogP contribution < -0.4 is 5.32 Å². The lowest BCUT2D eigenvalue weighted by molar-refractivity contribution is 0.0623. The summed E-state index contributed by atoms with van der Waals surface area (Å²) in [5, 5.41) is 4.78. The molecule has 3 fully saturated rings. The molecule has 110 valence electrons. The minimum absolute atomic E-state index is 0.0139. The first-order chi connectivity index (χ1) is 10.2. The van der Waals surface area contributed by atoms with Crippen molar-refractivity contribution in [1.82, 2.24) is 10.2 Å².